The predicted molar refractivity (Wildman–Crippen MR) is 41.8 cm³/mol. The Hall–Kier alpha value is -0.790. The van der Waals surface area contributed by atoms with Crippen LogP contribution in [0.5, 0.6) is 0 Å². The molecule has 0 aliphatic heterocycles. The molecule has 1 aromatic heterocycles. The maximum absolute atomic E-state index is 3.99. The van der Waals surface area contributed by atoms with Crippen LogP contribution in [0.25, 0.3) is 0 Å². The zero-order valence-electron chi connectivity index (χ0n) is 6.62. The number of hydrogen-bond acceptors (Lipinski definition) is 1. The normalized spacial score (nSPS) is 13.4. The lowest BCUT2D eigenvalue weighted by Gasteiger charge is -2.10. The summed E-state index contributed by atoms with van der Waals surface area (Å²) in [6, 6.07) is 0.604. The molecule has 1 aromatic rings. The summed E-state index contributed by atoms with van der Waals surface area (Å²) < 4.78 is 2.14. The van der Waals surface area contributed by atoms with E-state index in [9.17, 15) is 0 Å². The summed E-state index contributed by atoms with van der Waals surface area (Å²) in [5.41, 5.74) is 0. The number of hydrogen-bond donors (Lipinski definition) is 0. The third-order valence-electron chi connectivity index (χ3n) is 1.74. The van der Waals surface area contributed by atoms with Crippen LogP contribution in [0.15, 0.2) is 18.7 Å². The Morgan fingerprint density at radius 1 is 1.60 bits per heavy atom. The third-order valence-corrected chi connectivity index (χ3v) is 1.74. The molecule has 2 nitrogen and oxygen atoms in total. The standard InChI is InChI=1S/C8H14N2/c1-3-4-8(2)10-6-5-9-7-10/h5-8H,3-4H2,1-2H3/t8-/m1/s1. The highest BCUT2D eigenvalue weighted by Crippen LogP contribution is 2.10. The molecule has 56 valence electrons. The lowest BCUT2D eigenvalue weighted by Crippen LogP contribution is -2.00. The first-order chi connectivity index (χ1) is 4.84. The molecule has 1 heterocycles. The van der Waals surface area contributed by atoms with Crippen molar-refractivity contribution in [2.45, 2.75) is 32.7 Å². The Kier molecular flexibility index (Phi) is 2.49. The van der Waals surface area contributed by atoms with Crippen molar-refractivity contribution in [1.82, 2.24) is 9.55 Å². The molecule has 10 heavy (non-hydrogen) atoms. The largest absolute Gasteiger partial charge is 0.335 e. The predicted octanol–water partition coefficient (Wildman–Crippen LogP) is 2.24. The summed E-state index contributed by atoms with van der Waals surface area (Å²) in [5, 5.41) is 0. The monoisotopic (exact) mass is 138 g/mol. The summed E-state index contributed by atoms with van der Waals surface area (Å²) >= 11 is 0. The SMILES string of the molecule is CCC[C@@H](C)n1ccnc1. The van der Waals surface area contributed by atoms with Crippen molar-refractivity contribution in [3.05, 3.63) is 18.7 Å². The van der Waals surface area contributed by atoms with Crippen molar-refractivity contribution in [2.24, 2.45) is 0 Å². The van der Waals surface area contributed by atoms with E-state index in [1.807, 2.05) is 18.7 Å². The van der Waals surface area contributed by atoms with Gasteiger partial charge in [0.1, 0.15) is 0 Å². The highest BCUT2D eigenvalue weighted by atomic mass is 15.0. The van der Waals surface area contributed by atoms with E-state index >= 15 is 0 Å². The molecular weight excluding hydrogens is 124 g/mol. The van der Waals surface area contributed by atoms with Crippen molar-refractivity contribution in [3.63, 3.8) is 0 Å². The maximum atomic E-state index is 3.99. The van der Waals surface area contributed by atoms with E-state index in [2.05, 4.69) is 23.4 Å². The van der Waals surface area contributed by atoms with E-state index in [4.69, 9.17) is 0 Å². The Labute approximate surface area is 61.9 Å². The molecule has 1 rings (SSSR count). The Balaban J connectivity index is 2.50. The molecule has 0 aliphatic carbocycles. The molecule has 0 radical (unpaired) electrons. The molecule has 0 aromatic carbocycles. The molecule has 2 heteroatoms. The fourth-order valence-corrected chi connectivity index (χ4v) is 1.10. The molecule has 0 unspecified atom stereocenters. The van der Waals surface area contributed by atoms with E-state index in [1.165, 1.54) is 12.8 Å². The van der Waals surface area contributed by atoms with Crippen LogP contribution in [-0.4, -0.2) is 9.55 Å². The van der Waals surface area contributed by atoms with E-state index in [1.54, 1.807) is 0 Å². The van der Waals surface area contributed by atoms with Crippen LogP contribution in [0.3, 0.4) is 0 Å². The van der Waals surface area contributed by atoms with Crippen molar-refractivity contribution in [2.75, 3.05) is 0 Å². The second-order valence-electron chi connectivity index (χ2n) is 2.65. The van der Waals surface area contributed by atoms with Gasteiger partial charge in [-0.3, -0.25) is 0 Å². The topological polar surface area (TPSA) is 17.8 Å². The van der Waals surface area contributed by atoms with Gasteiger partial charge in [-0.15, -0.1) is 0 Å². The second-order valence-corrected chi connectivity index (χ2v) is 2.65. The van der Waals surface area contributed by atoms with E-state index in [-0.39, 0.29) is 0 Å². The lowest BCUT2D eigenvalue weighted by molar-refractivity contribution is 0.500. The van der Waals surface area contributed by atoms with Crippen LogP contribution in [0.4, 0.5) is 0 Å². The van der Waals surface area contributed by atoms with Gasteiger partial charge in [0.05, 0.1) is 6.33 Å². The quantitative estimate of drug-likeness (QED) is 0.626. The summed E-state index contributed by atoms with van der Waals surface area (Å²) in [5.74, 6) is 0. The van der Waals surface area contributed by atoms with Gasteiger partial charge < -0.3 is 4.57 Å². The summed E-state index contributed by atoms with van der Waals surface area (Å²) in [4.78, 5) is 3.99. The molecular formula is C8H14N2. The molecule has 0 saturated carbocycles. The van der Waals surface area contributed by atoms with Gasteiger partial charge in [-0.2, -0.15) is 0 Å². The Morgan fingerprint density at radius 2 is 2.40 bits per heavy atom. The Morgan fingerprint density at radius 3 is 2.90 bits per heavy atom. The zero-order valence-corrected chi connectivity index (χ0v) is 6.62. The highest BCUT2D eigenvalue weighted by Gasteiger charge is 1.99. The minimum absolute atomic E-state index is 0.604. The minimum atomic E-state index is 0.604. The van der Waals surface area contributed by atoms with E-state index < -0.39 is 0 Å². The third kappa shape index (κ3) is 1.59. The maximum Gasteiger partial charge on any atom is 0.0948 e. The van der Waals surface area contributed by atoms with Gasteiger partial charge in [-0.1, -0.05) is 13.3 Å². The second kappa shape index (κ2) is 3.40. The smallest absolute Gasteiger partial charge is 0.0948 e. The van der Waals surface area contributed by atoms with Crippen molar-refractivity contribution < 1.29 is 0 Å². The van der Waals surface area contributed by atoms with Crippen LogP contribution >= 0.6 is 0 Å². The molecule has 0 aliphatic rings. The van der Waals surface area contributed by atoms with E-state index in [0.29, 0.717) is 6.04 Å². The molecule has 0 bridgehead atoms. The van der Waals surface area contributed by atoms with Crippen molar-refractivity contribution >= 4 is 0 Å². The van der Waals surface area contributed by atoms with Crippen molar-refractivity contribution in [1.29, 1.82) is 0 Å². The van der Waals surface area contributed by atoms with Gasteiger partial charge in [0.15, 0.2) is 0 Å². The van der Waals surface area contributed by atoms with Gasteiger partial charge >= 0.3 is 0 Å². The highest BCUT2D eigenvalue weighted by molar-refractivity contribution is 4.78. The summed E-state index contributed by atoms with van der Waals surface area (Å²) in [6.07, 6.45) is 8.18. The van der Waals surface area contributed by atoms with Gasteiger partial charge in [-0.05, 0) is 13.3 Å². The van der Waals surface area contributed by atoms with Gasteiger partial charge in [0.25, 0.3) is 0 Å². The van der Waals surface area contributed by atoms with E-state index in [0.717, 1.165) is 0 Å². The number of imidazole rings is 1. The van der Waals surface area contributed by atoms with Crippen molar-refractivity contribution in [3.8, 4) is 0 Å². The van der Waals surface area contributed by atoms with Crippen LogP contribution in [0.2, 0.25) is 0 Å². The number of rotatable bonds is 3. The molecule has 1 atom stereocenters. The fraction of sp³-hybridized carbons (Fsp3) is 0.625. The first kappa shape index (κ1) is 7.32. The van der Waals surface area contributed by atoms with Gasteiger partial charge in [-0.25, -0.2) is 4.98 Å². The van der Waals surface area contributed by atoms with Gasteiger partial charge in [0.2, 0.25) is 0 Å². The first-order valence-corrected chi connectivity index (χ1v) is 3.82. The molecule has 0 saturated heterocycles. The van der Waals surface area contributed by atoms with Crippen LogP contribution < -0.4 is 0 Å². The minimum Gasteiger partial charge on any atom is -0.335 e. The molecule has 0 fully saturated rings. The average Bonchev–Trinajstić information content (AvgIpc) is 2.38. The molecule has 0 amide bonds. The summed E-state index contributed by atoms with van der Waals surface area (Å²) in [7, 11) is 0. The number of aromatic nitrogens is 2. The van der Waals surface area contributed by atoms with Crippen LogP contribution in [-0.2, 0) is 0 Å². The zero-order chi connectivity index (χ0) is 7.40. The van der Waals surface area contributed by atoms with Gasteiger partial charge in [0, 0.05) is 18.4 Å². The Bertz CT molecular complexity index is 167. The number of nitrogens with zero attached hydrogens (tertiary/aromatic N) is 2. The average molecular weight is 138 g/mol. The summed E-state index contributed by atoms with van der Waals surface area (Å²) in [6.45, 7) is 4.42. The molecule has 0 N–H and O–H groups in total. The molecule has 0 spiro atoms. The fourth-order valence-electron chi connectivity index (χ4n) is 1.10. The van der Waals surface area contributed by atoms with Crippen LogP contribution in [0, 0.1) is 0 Å². The van der Waals surface area contributed by atoms with Crippen LogP contribution in [0.1, 0.15) is 32.7 Å². The lowest BCUT2D eigenvalue weighted by atomic mass is 10.2. The first-order valence-electron chi connectivity index (χ1n) is 3.82.